The zero-order valence-electron chi connectivity index (χ0n) is 12.6. The third-order valence-electron chi connectivity index (χ3n) is 2.93. The summed E-state index contributed by atoms with van der Waals surface area (Å²) in [6.45, 7) is 3.40. The molecule has 22 heavy (non-hydrogen) atoms. The highest BCUT2D eigenvalue weighted by atomic mass is 16.5. The molecular weight excluding hydrogens is 288 g/mol. The normalized spacial score (nSPS) is 11.4. The summed E-state index contributed by atoms with van der Waals surface area (Å²) in [5.41, 5.74) is 0.359. The summed E-state index contributed by atoms with van der Waals surface area (Å²) in [6, 6.07) is 5.76. The number of anilines is 1. The Hall–Kier alpha value is -2.41. The number of aliphatic hydroxyl groups is 1. The molecule has 0 saturated heterocycles. The first-order valence-corrected chi connectivity index (χ1v) is 7.02. The highest BCUT2D eigenvalue weighted by Gasteiger charge is 2.20. The lowest BCUT2D eigenvalue weighted by Crippen LogP contribution is -2.43. The number of benzene rings is 1. The van der Waals surface area contributed by atoms with E-state index in [-0.39, 0.29) is 24.5 Å². The van der Waals surface area contributed by atoms with Crippen molar-refractivity contribution in [2.75, 3.05) is 18.5 Å². The lowest BCUT2D eigenvalue weighted by molar-refractivity contribution is -0.136. The number of rotatable bonds is 6. The van der Waals surface area contributed by atoms with Crippen molar-refractivity contribution < 1.29 is 24.2 Å². The van der Waals surface area contributed by atoms with Crippen LogP contribution in [-0.2, 0) is 14.3 Å². The summed E-state index contributed by atoms with van der Waals surface area (Å²) in [7, 11) is 0. The molecule has 1 unspecified atom stereocenters. The number of hydrogen-bond acceptors (Lipinski definition) is 5. The van der Waals surface area contributed by atoms with Gasteiger partial charge in [-0.1, -0.05) is 19.1 Å². The van der Waals surface area contributed by atoms with E-state index in [0.717, 1.165) is 0 Å². The first kappa shape index (κ1) is 17.6. The van der Waals surface area contributed by atoms with Crippen LogP contribution in [0.2, 0.25) is 0 Å². The number of ether oxygens (including phenoxy) is 1. The van der Waals surface area contributed by atoms with Gasteiger partial charge in [0.1, 0.15) is 0 Å². The second-order valence-corrected chi connectivity index (χ2v) is 4.48. The van der Waals surface area contributed by atoms with Gasteiger partial charge in [0.05, 0.1) is 30.5 Å². The third kappa shape index (κ3) is 4.85. The smallest absolute Gasteiger partial charge is 0.340 e. The highest BCUT2D eigenvalue weighted by Crippen LogP contribution is 2.16. The van der Waals surface area contributed by atoms with Crippen molar-refractivity contribution in [1.82, 2.24) is 5.32 Å². The Bertz CT molecular complexity index is 540. The molecule has 1 rings (SSSR count). The second kappa shape index (κ2) is 8.78. The van der Waals surface area contributed by atoms with Crippen LogP contribution in [0.4, 0.5) is 5.69 Å². The van der Waals surface area contributed by atoms with Gasteiger partial charge in [0.2, 0.25) is 0 Å². The first-order valence-electron chi connectivity index (χ1n) is 7.02. The van der Waals surface area contributed by atoms with Crippen LogP contribution in [0.5, 0.6) is 0 Å². The van der Waals surface area contributed by atoms with E-state index in [1.54, 1.807) is 26.0 Å². The van der Waals surface area contributed by atoms with Crippen LogP contribution in [0.15, 0.2) is 24.3 Å². The van der Waals surface area contributed by atoms with Gasteiger partial charge >= 0.3 is 17.8 Å². The van der Waals surface area contributed by atoms with Crippen molar-refractivity contribution in [2.24, 2.45) is 0 Å². The quantitative estimate of drug-likeness (QED) is 0.530. The highest BCUT2D eigenvalue weighted by molar-refractivity contribution is 6.40. The maximum atomic E-state index is 11.9. The minimum absolute atomic E-state index is 0.166. The molecule has 1 atom stereocenters. The molecule has 7 nitrogen and oxygen atoms in total. The predicted molar refractivity (Wildman–Crippen MR) is 80.3 cm³/mol. The monoisotopic (exact) mass is 308 g/mol. The number of carbonyl (C=O) groups excluding carboxylic acids is 3. The molecular formula is C15H20N2O5. The summed E-state index contributed by atoms with van der Waals surface area (Å²) in [6.07, 6.45) is 0.495. The van der Waals surface area contributed by atoms with E-state index in [9.17, 15) is 14.4 Å². The molecule has 0 aliphatic carbocycles. The van der Waals surface area contributed by atoms with Crippen molar-refractivity contribution in [2.45, 2.75) is 26.3 Å². The van der Waals surface area contributed by atoms with E-state index in [2.05, 4.69) is 10.6 Å². The average molecular weight is 308 g/mol. The molecule has 0 radical (unpaired) electrons. The fourth-order valence-corrected chi connectivity index (χ4v) is 1.69. The maximum Gasteiger partial charge on any atom is 0.340 e. The molecule has 0 aliphatic heterocycles. The van der Waals surface area contributed by atoms with Crippen molar-refractivity contribution in [3.05, 3.63) is 29.8 Å². The molecule has 120 valence electrons. The second-order valence-electron chi connectivity index (χ2n) is 4.48. The Balaban J connectivity index is 2.80. The zero-order valence-corrected chi connectivity index (χ0v) is 12.6. The Morgan fingerprint density at radius 1 is 1.18 bits per heavy atom. The Kier molecular flexibility index (Phi) is 7.04. The molecule has 2 amide bonds. The minimum atomic E-state index is -0.913. The van der Waals surface area contributed by atoms with E-state index >= 15 is 0 Å². The molecule has 0 bridgehead atoms. The number of aliphatic hydroxyl groups excluding tert-OH is 1. The van der Waals surface area contributed by atoms with Gasteiger partial charge in [-0.15, -0.1) is 0 Å². The fourth-order valence-electron chi connectivity index (χ4n) is 1.69. The molecule has 0 aromatic heterocycles. The zero-order chi connectivity index (χ0) is 16.5. The van der Waals surface area contributed by atoms with Gasteiger partial charge in [-0.05, 0) is 25.5 Å². The number of carbonyl (C=O) groups is 3. The molecule has 0 heterocycles. The van der Waals surface area contributed by atoms with Crippen molar-refractivity contribution >= 4 is 23.5 Å². The summed E-state index contributed by atoms with van der Waals surface area (Å²) in [5.74, 6) is -2.37. The van der Waals surface area contributed by atoms with E-state index in [1.807, 2.05) is 0 Å². The topological polar surface area (TPSA) is 105 Å². The molecule has 0 saturated carbocycles. The number of esters is 1. The van der Waals surface area contributed by atoms with Crippen LogP contribution in [-0.4, -0.2) is 42.1 Å². The van der Waals surface area contributed by atoms with Crippen LogP contribution in [0.1, 0.15) is 30.6 Å². The molecule has 0 aliphatic rings. The lowest BCUT2D eigenvalue weighted by atomic mass is 10.1. The average Bonchev–Trinajstić information content (AvgIpc) is 2.52. The first-order chi connectivity index (χ1) is 10.5. The van der Waals surface area contributed by atoms with Crippen LogP contribution in [0.3, 0.4) is 0 Å². The lowest BCUT2D eigenvalue weighted by Gasteiger charge is -2.14. The van der Waals surface area contributed by atoms with Gasteiger partial charge in [-0.2, -0.15) is 0 Å². The summed E-state index contributed by atoms with van der Waals surface area (Å²) < 4.78 is 4.89. The van der Waals surface area contributed by atoms with Gasteiger partial charge in [-0.25, -0.2) is 4.79 Å². The van der Waals surface area contributed by atoms with Crippen molar-refractivity contribution in [1.29, 1.82) is 0 Å². The van der Waals surface area contributed by atoms with Crippen LogP contribution >= 0.6 is 0 Å². The number of nitrogens with one attached hydrogen (secondary N) is 2. The molecule has 1 aromatic rings. The third-order valence-corrected chi connectivity index (χ3v) is 2.93. The van der Waals surface area contributed by atoms with Crippen molar-refractivity contribution in [3.63, 3.8) is 0 Å². The molecule has 7 heteroatoms. The van der Waals surface area contributed by atoms with E-state index in [4.69, 9.17) is 9.84 Å². The van der Waals surface area contributed by atoms with Crippen LogP contribution in [0, 0.1) is 0 Å². The summed E-state index contributed by atoms with van der Waals surface area (Å²) in [4.78, 5) is 35.4. The number of hydrogen-bond donors (Lipinski definition) is 3. The molecule has 0 spiro atoms. The largest absolute Gasteiger partial charge is 0.462 e. The SMILES string of the molecule is CCOC(=O)c1ccccc1NC(=O)C(=O)NC(CC)CO. The van der Waals surface area contributed by atoms with Gasteiger partial charge in [0.15, 0.2) is 0 Å². The van der Waals surface area contributed by atoms with E-state index < -0.39 is 23.8 Å². The molecule has 0 fully saturated rings. The van der Waals surface area contributed by atoms with Gasteiger partial charge in [0, 0.05) is 0 Å². The minimum Gasteiger partial charge on any atom is -0.462 e. The summed E-state index contributed by atoms with van der Waals surface area (Å²) >= 11 is 0. The Morgan fingerprint density at radius 2 is 1.86 bits per heavy atom. The standard InChI is InChI=1S/C15H20N2O5/c1-3-10(9-18)16-13(19)14(20)17-12-8-6-5-7-11(12)15(21)22-4-2/h5-8,10,18H,3-4,9H2,1-2H3,(H,16,19)(H,17,20). The van der Waals surface area contributed by atoms with Gasteiger partial charge < -0.3 is 20.5 Å². The van der Waals surface area contributed by atoms with E-state index in [1.165, 1.54) is 12.1 Å². The van der Waals surface area contributed by atoms with Gasteiger partial charge in [0.25, 0.3) is 0 Å². The fraction of sp³-hybridized carbons (Fsp3) is 0.400. The predicted octanol–water partition coefficient (Wildman–Crippen LogP) is 0.689. The Labute approximate surface area is 128 Å². The maximum absolute atomic E-state index is 11.9. The van der Waals surface area contributed by atoms with Gasteiger partial charge in [-0.3, -0.25) is 9.59 Å². The number of para-hydroxylation sites is 1. The number of amides is 2. The van der Waals surface area contributed by atoms with Crippen LogP contribution in [0.25, 0.3) is 0 Å². The van der Waals surface area contributed by atoms with Crippen LogP contribution < -0.4 is 10.6 Å². The summed E-state index contributed by atoms with van der Waals surface area (Å²) in [5, 5.41) is 13.8. The van der Waals surface area contributed by atoms with Crippen molar-refractivity contribution in [3.8, 4) is 0 Å². The molecule has 3 N–H and O–H groups in total. The van der Waals surface area contributed by atoms with E-state index in [0.29, 0.717) is 6.42 Å². The Morgan fingerprint density at radius 3 is 2.45 bits per heavy atom. The molecule has 1 aromatic carbocycles.